The van der Waals surface area contributed by atoms with Crippen molar-refractivity contribution in [3.05, 3.63) is 35.0 Å². The maximum Gasteiger partial charge on any atom is 0.270 e. The number of nitrogens with zero attached hydrogens (tertiary/aromatic N) is 2. The number of carbonyl (C=O) groups is 1. The molecule has 6 heteroatoms. The number of hydrogen-bond acceptors (Lipinski definition) is 4. The van der Waals surface area contributed by atoms with Gasteiger partial charge in [0.25, 0.3) is 5.91 Å². The monoisotopic (exact) mass is 372 g/mol. The number of aryl methyl sites for hydroxylation is 3. The number of para-hydroxylation sites is 1. The summed E-state index contributed by atoms with van der Waals surface area (Å²) in [6.45, 7) is 5.45. The number of piperidine rings is 1. The normalized spacial score (nSPS) is 25.3. The van der Waals surface area contributed by atoms with Gasteiger partial charge in [0.05, 0.1) is 23.8 Å². The Morgan fingerprint density at radius 3 is 2.52 bits per heavy atom. The Morgan fingerprint density at radius 1 is 1.19 bits per heavy atom. The van der Waals surface area contributed by atoms with Gasteiger partial charge in [-0.25, -0.2) is 0 Å². The van der Waals surface area contributed by atoms with E-state index in [0.29, 0.717) is 32.4 Å². The third-order valence-corrected chi connectivity index (χ3v) is 6.42. The van der Waals surface area contributed by atoms with Crippen LogP contribution in [0.1, 0.15) is 40.9 Å². The minimum atomic E-state index is -0.808. The summed E-state index contributed by atoms with van der Waals surface area (Å²) in [6.07, 6.45) is 0.249. The zero-order valence-corrected chi connectivity index (χ0v) is 16.2. The van der Waals surface area contributed by atoms with Gasteiger partial charge in [-0.3, -0.25) is 4.79 Å². The topological polar surface area (TPSA) is 74.9 Å². The molecular formula is C21H28N2O4. The summed E-state index contributed by atoms with van der Waals surface area (Å²) in [7, 11) is 1.96. The lowest BCUT2D eigenvalue weighted by molar-refractivity contribution is -0.185. The Morgan fingerprint density at radius 2 is 1.89 bits per heavy atom. The molecule has 146 valence electrons. The van der Waals surface area contributed by atoms with E-state index in [0.717, 1.165) is 27.7 Å². The van der Waals surface area contributed by atoms with Gasteiger partial charge in [-0.2, -0.15) is 0 Å². The number of ether oxygens (including phenoxy) is 1. The molecule has 1 aromatic heterocycles. The maximum atomic E-state index is 13.3. The van der Waals surface area contributed by atoms with Crippen LogP contribution in [0.4, 0.5) is 0 Å². The average molecular weight is 372 g/mol. The smallest absolute Gasteiger partial charge is 0.270 e. The predicted molar refractivity (Wildman–Crippen MR) is 103 cm³/mol. The molecule has 27 heavy (non-hydrogen) atoms. The van der Waals surface area contributed by atoms with E-state index in [2.05, 4.69) is 19.1 Å². The van der Waals surface area contributed by atoms with Crippen LogP contribution in [0.2, 0.25) is 0 Å². The number of amides is 1. The summed E-state index contributed by atoms with van der Waals surface area (Å²) in [6, 6.07) is 6.17. The molecule has 1 amide bonds. The van der Waals surface area contributed by atoms with Gasteiger partial charge in [0.2, 0.25) is 0 Å². The van der Waals surface area contributed by atoms with E-state index in [1.54, 1.807) is 0 Å². The van der Waals surface area contributed by atoms with Crippen molar-refractivity contribution in [3.63, 3.8) is 0 Å². The molecule has 4 rings (SSSR count). The van der Waals surface area contributed by atoms with E-state index in [-0.39, 0.29) is 12.5 Å². The number of likely N-dealkylation sites (tertiary alicyclic amines) is 1. The molecular weight excluding hydrogens is 344 g/mol. The van der Waals surface area contributed by atoms with Gasteiger partial charge >= 0.3 is 0 Å². The largest absolute Gasteiger partial charge is 0.390 e. The summed E-state index contributed by atoms with van der Waals surface area (Å²) in [5.41, 5.74) is 3.63. The summed E-state index contributed by atoms with van der Waals surface area (Å²) in [4.78, 5) is 15.2. The van der Waals surface area contributed by atoms with Gasteiger partial charge in [-0.15, -0.1) is 0 Å². The number of aliphatic hydroxyl groups is 2. The molecule has 1 aromatic carbocycles. The van der Waals surface area contributed by atoms with Gasteiger partial charge < -0.3 is 24.4 Å². The van der Waals surface area contributed by atoms with Crippen LogP contribution in [0.25, 0.3) is 10.9 Å². The molecule has 0 aliphatic carbocycles. The van der Waals surface area contributed by atoms with E-state index in [1.165, 1.54) is 0 Å². The van der Waals surface area contributed by atoms with Gasteiger partial charge in [0.1, 0.15) is 11.8 Å². The Balaban J connectivity index is 1.56. The zero-order chi connectivity index (χ0) is 19.3. The fraction of sp³-hybridized carbons (Fsp3) is 0.571. The lowest BCUT2D eigenvalue weighted by Gasteiger charge is -2.46. The van der Waals surface area contributed by atoms with Crippen LogP contribution in [0.5, 0.6) is 0 Å². The van der Waals surface area contributed by atoms with Crippen molar-refractivity contribution in [3.8, 4) is 0 Å². The first-order chi connectivity index (χ1) is 12.8. The molecule has 2 saturated heterocycles. The zero-order valence-electron chi connectivity index (χ0n) is 16.2. The van der Waals surface area contributed by atoms with Gasteiger partial charge in [-0.05, 0) is 37.8 Å². The number of rotatable bonds is 1. The third-order valence-electron chi connectivity index (χ3n) is 6.42. The molecule has 0 bridgehead atoms. The highest BCUT2D eigenvalue weighted by atomic mass is 16.5. The second kappa shape index (κ2) is 6.62. The molecule has 0 saturated carbocycles. The van der Waals surface area contributed by atoms with Gasteiger partial charge in [0, 0.05) is 31.9 Å². The molecule has 6 nitrogen and oxygen atoms in total. The van der Waals surface area contributed by atoms with Crippen LogP contribution < -0.4 is 0 Å². The van der Waals surface area contributed by atoms with E-state index in [1.807, 2.05) is 29.5 Å². The second-order valence-electron chi connectivity index (χ2n) is 8.13. The molecule has 2 aromatic rings. The third kappa shape index (κ3) is 2.96. The SMILES string of the molecule is Cc1c(C(=O)N2CCC3(CC2)C[C@@H](O)[C@@H](O)CO3)n(C)c2c(C)cccc12. The molecule has 2 aliphatic heterocycles. The van der Waals surface area contributed by atoms with Crippen LogP contribution in [-0.4, -0.2) is 63.1 Å². The Hall–Kier alpha value is -1.89. The highest BCUT2D eigenvalue weighted by Gasteiger charge is 2.44. The highest BCUT2D eigenvalue weighted by Crippen LogP contribution is 2.36. The summed E-state index contributed by atoms with van der Waals surface area (Å²) in [5.74, 6) is 0.0526. The number of benzene rings is 1. The predicted octanol–water partition coefficient (Wildman–Crippen LogP) is 1.91. The van der Waals surface area contributed by atoms with E-state index in [9.17, 15) is 15.0 Å². The fourth-order valence-electron chi connectivity index (χ4n) is 4.77. The molecule has 2 aliphatic rings. The number of fused-ring (bicyclic) bond motifs is 1. The number of aromatic nitrogens is 1. The molecule has 0 radical (unpaired) electrons. The lowest BCUT2D eigenvalue weighted by atomic mass is 9.82. The van der Waals surface area contributed by atoms with E-state index < -0.39 is 17.8 Å². The van der Waals surface area contributed by atoms with Crippen molar-refractivity contribution < 1.29 is 19.7 Å². The molecule has 2 fully saturated rings. The Kier molecular flexibility index (Phi) is 4.53. The van der Waals surface area contributed by atoms with Crippen LogP contribution in [-0.2, 0) is 11.8 Å². The van der Waals surface area contributed by atoms with Crippen molar-refractivity contribution in [2.45, 2.75) is 50.9 Å². The first-order valence-corrected chi connectivity index (χ1v) is 9.67. The summed E-state index contributed by atoms with van der Waals surface area (Å²) < 4.78 is 7.90. The number of carbonyl (C=O) groups excluding carboxylic acids is 1. The van der Waals surface area contributed by atoms with Crippen molar-refractivity contribution in [1.29, 1.82) is 0 Å². The lowest BCUT2D eigenvalue weighted by Crippen LogP contribution is -2.55. The minimum Gasteiger partial charge on any atom is -0.390 e. The van der Waals surface area contributed by atoms with Crippen molar-refractivity contribution >= 4 is 16.8 Å². The van der Waals surface area contributed by atoms with Crippen molar-refractivity contribution in [1.82, 2.24) is 9.47 Å². The molecule has 0 unspecified atom stereocenters. The quantitative estimate of drug-likeness (QED) is 0.802. The Bertz CT molecular complexity index is 880. The standard InChI is InChI=1S/C21H28N2O4/c1-13-5-4-6-15-14(2)19(22(3)18(13)15)20(26)23-9-7-21(8-10-23)11-16(24)17(25)12-27-21/h4-6,16-17,24-25H,7-12H2,1-3H3/t16-,17+/m1/s1. The highest BCUT2D eigenvalue weighted by molar-refractivity contribution is 6.02. The van der Waals surface area contributed by atoms with Gasteiger partial charge in [0.15, 0.2) is 0 Å². The Labute approximate surface area is 159 Å². The van der Waals surface area contributed by atoms with Crippen molar-refractivity contribution in [2.75, 3.05) is 19.7 Å². The maximum absolute atomic E-state index is 13.3. The van der Waals surface area contributed by atoms with E-state index >= 15 is 0 Å². The van der Waals surface area contributed by atoms with Gasteiger partial charge in [-0.1, -0.05) is 18.2 Å². The molecule has 2 atom stereocenters. The average Bonchev–Trinajstić information content (AvgIpc) is 2.91. The molecule has 2 N–H and O–H groups in total. The van der Waals surface area contributed by atoms with Crippen molar-refractivity contribution in [2.24, 2.45) is 7.05 Å². The first-order valence-electron chi connectivity index (χ1n) is 9.67. The second-order valence-corrected chi connectivity index (χ2v) is 8.13. The number of aliphatic hydroxyl groups excluding tert-OH is 2. The molecule has 3 heterocycles. The van der Waals surface area contributed by atoms with Crippen LogP contribution >= 0.6 is 0 Å². The summed E-state index contributed by atoms with van der Waals surface area (Å²) >= 11 is 0. The number of hydrogen-bond donors (Lipinski definition) is 2. The fourth-order valence-corrected chi connectivity index (χ4v) is 4.77. The van der Waals surface area contributed by atoms with Crippen LogP contribution in [0, 0.1) is 13.8 Å². The summed E-state index contributed by atoms with van der Waals surface area (Å²) in [5, 5.41) is 20.8. The first kappa shape index (κ1) is 18.5. The van der Waals surface area contributed by atoms with Crippen LogP contribution in [0.3, 0.4) is 0 Å². The van der Waals surface area contributed by atoms with Crippen LogP contribution in [0.15, 0.2) is 18.2 Å². The molecule has 1 spiro atoms. The minimum absolute atomic E-state index is 0.0526. The van der Waals surface area contributed by atoms with E-state index in [4.69, 9.17) is 4.74 Å².